The molecule has 2 N–H and O–H groups in total. The largest absolute Gasteiger partial charge is 0.354 e. The van der Waals surface area contributed by atoms with E-state index in [1.165, 1.54) is 0 Å². The molecule has 0 spiro atoms. The van der Waals surface area contributed by atoms with Crippen LogP contribution in [0.3, 0.4) is 0 Å². The number of rotatable bonds is 6. The number of hydrogen-bond acceptors (Lipinski definition) is 6. The van der Waals surface area contributed by atoms with Crippen molar-refractivity contribution in [2.75, 3.05) is 45.1 Å². The van der Waals surface area contributed by atoms with Gasteiger partial charge in [0, 0.05) is 51.1 Å². The first-order valence-corrected chi connectivity index (χ1v) is 9.09. The molecule has 1 aliphatic heterocycles. The van der Waals surface area contributed by atoms with Gasteiger partial charge in [-0.05, 0) is 32.8 Å². The zero-order valence-corrected chi connectivity index (χ0v) is 15.9. The van der Waals surface area contributed by atoms with Crippen LogP contribution in [0, 0.1) is 0 Å². The van der Waals surface area contributed by atoms with E-state index in [1.807, 2.05) is 37.3 Å². The van der Waals surface area contributed by atoms with Gasteiger partial charge in [0.1, 0.15) is 11.7 Å². The molecule has 1 fully saturated rings. The summed E-state index contributed by atoms with van der Waals surface area (Å²) in [5.74, 6) is 2.18. The molecule has 0 amide bonds. The summed E-state index contributed by atoms with van der Waals surface area (Å²) in [5.41, 5.74) is 1.67. The predicted molar refractivity (Wildman–Crippen MR) is 110 cm³/mol. The van der Waals surface area contributed by atoms with Crippen molar-refractivity contribution < 1.29 is 0 Å². The fourth-order valence-electron chi connectivity index (χ4n) is 2.85. The molecule has 3 rings (SSSR count). The Kier molecular flexibility index (Phi) is 6.32. The van der Waals surface area contributed by atoms with Crippen LogP contribution in [0.25, 0.3) is 11.4 Å². The number of H-pyrrole nitrogens is 1. The second kappa shape index (κ2) is 9.09. The van der Waals surface area contributed by atoms with Gasteiger partial charge in [-0.25, -0.2) is 4.99 Å². The molecule has 0 aliphatic carbocycles. The maximum atomic E-state index is 4.64. The average Bonchev–Trinajstić information content (AvgIpc) is 3.17. The minimum atomic E-state index is 0.611. The summed E-state index contributed by atoms with van der Waals surface area (Å²) >= 11 is 0. The summed E-state index contributed by atoms with van der Waals surface area (Å²) in [4.78, 5) is 17.7. The van der Waals surface area contributed by atoms with E-state index in [2.05, 4.69) is 54.0 Å². The van der Waals surface area contributed by atoms with Gasteiger partial charge in [0.2, 0.25) is 0 Å². The zero-order valence-electron chi connectivity index (χ0n) is 15.9. The first kappa shape index (κ1) is 18.8. The highest BCUT2D eigenvalue weighted by atomic mass is 15.3. The van der Waals surface area contributed by atoms with E-state index in [-0.39, 0.29) is 0 Å². The number of piperazine rings is 1. The molecule has 0 radical (unpaired) electrons. The lowest BCUT2D eigenvalue weighted by Crippen LogP contribution is -2.46. The number of likely N-dealkylation sites (N-methyl/N-ethyl adjacent to an activating group) is 1. The lowest BCUT2D eigenvalue weighted by atomic mass is 10.3. The lowest BCUT2D eigenvalue weighted by Gasteiger charge is -2.33. The zero-order chi connectivity index (χ0) is 19.1. The fraction of sp³-hybridized carbons (Fsp3) is 0.368. The molecule has 2 aromatic rings. The first-order valence-electron chi connectivity index (χ1n) is 9.09. The minimum absolute atomic E-state index is 0.611. The van der Waals surface area contributed by atoms with E-state index in [1.54, 1.807) is 6.20 Å². The molecule has 3 heterocycles. The van der Waals surface area contributed by atoms with E-state index in [0.29, 0.717) is 11.6 Å². The van der Waals surface area contributed by atoms with Crippen molar-refractivity contribution in [1.82, 2.24) is 25.0 Å². The van der Waals surface area contributed by atoms with Crippen molar-refractivity contribution in [2.45, 2.75) is 6.92 Å². The Bertz CT molecular complexity index is 800. The highest BCUT2D eigenvalue weighted by Crippen LogP contribution is 2.18. The standard InChI is InChI=1S/C19H26N8/c1-4-21-19(27-11-9-26(3)10-12-27)14-17(20-2)23-18-13-16(24-25-18)15-7-5-6-8-22-15/h5-8,13-14H,2,4,9-12H2,1,3H3,(H2,23,24,25)/b17-14+,21-19?. The summed E-state index contributed by atoms with van der Waals surface area (Å²) in [6, 6.07) is 7.65. The summed E-state index contributed by atoms with van der Waals surface area (Å²) in [5, 5.41) is 10.5. The predicted octanol–water partition coefficient (Wildman–Crippen LogP) is 2.09. The van der Waals surface area contributed by atoms with Gasteiger partial charge in [-0.15, -0.1) is 0 Å². The monoisotopic (exact) mass is 366 g/mol. The molecular formula is C19H26N8. The van der Waals surface area contributed by atoms with Crippen LogP contribution in [0.5, 0.6) is 0 Å². The molecule has 8 nitrogen and oxygen atoms in total. The quantitative estimate of drug-likeness (QED) is 0.604. The maximum absolute atomic E-state index is 4.64. The molecule has 0 atom stereocenters. The van der Waals surface area contributed by atoms with Crippen molar-refractivity contribution in [3.8, 4) is 11.4 Å². The lowest BCUT2D eigenvalue weighted by molar-refractivity contribution is 0.216. The Balaban J connectivity index is 1.74. The first-order chi connectivity index (χ1) is 13.2. The average molecular weight is 366 g/mol. The SMILES string of the molecule is C=N/C(=C\C(=NCC)N1CCN(C)CC1)Nc1cc(-c2ccccn2)[nH]n1. The van der Waals surface area contributed by atoms with Crippen LogP contribution >= 0.6 is 0 Å². The third kappa shape index (κ3) is 5.01. The van der Waals surface area contributed by atoms with Crippen LogP contribution in [0.15, 0.2) is 52.3 Å². The van der Waals surface area contributed by atoms with Crippen molar-refractivity contribution in [1.29, 1.82) is 0 Å². The topological polar surface area (TPSA) is 84.8 Å². The molecule has 8 heteroatoms. The van der Waals surface area contributed by atoms with Gasteiger partial charge in [0.05, 0.1) is 11.4 Å². The van der Waals surface area contributed by atoms with E-state index < -0.39 is 0 Å². The van der Waals surface area contributed by atoms with Crippen molar-refractivity contribution in [2.24, 2.45) is 9.98 Å². The molecule has 1 saturated heterocycles. The normalized spacial score (nSPS) is 16.4. The summed E-state index contributed by atoms with van der Waals surface area (Å²) < 4.78 is 0. The summed E-state index contributed by atoms with van der Waals surface area (Å²) in [6.45, 7) is 10.4. The Labute approximate surface area is 159 Å². The summed E-state index contributed by atoms with van der Waals surface area (Å²) in [7, 11) is 2.14. The third-order valence-electron chi connectivity index (χ3n) is 4.36. The number of aliphatic imine (C=N–C) groups is 2. The third-order valence-corrected chi connectivity index (χ3v) is 4.36. The van der Waals surface area contributed by atoms with E-state index in [0.717, 1.165) is 49.9 Å². The second-order valence-electron chi connectivity index (χ2n) is 6.32. The molecule has 27 heavy (non-hydrogen) atoms. The minimum Gasteiger partial charge on any atom is -0.354 e. The van der Waals surface area contributed by atoms with E-state index in [4.69, 9.17) is 0 Å². The smallest absolute Gasteiger partial charge is 0.154 e. The van der Waals surface area contributed by atoms with Crippen LogP contribution in [0.2, 0.25) is 0 Å². The number of pyridine rings is 1. The van der Waals surface area contributed by atoms with Gasteiger partial charge >= 0.3 is 0 Å². The van der Waals surface area contributed by atoms with Crippen LogP contribution < -0.4 is 5.32 Å². The molecule has 0 unspecified atom stereocenters. The number of aromatic amines is 1. The molecule has 0 aromatic carbocycles. The molecule has 142 valence electrons. The van der Waals surface area contributed by atoms with Crippen LogP contribution in [0.1, 0.15) is 6.92 Å². The number of anilines is 1. The van der Waals surface area contributed by atoms with Crippen molar-refractivity contribution >= 4 is 18.4 Å². The van der Waals surface area contributed by atoms with Crippen molar-refractivity contribution in [3.05, 3.63) is 42.4 Å². The fourth-order valence-corrected chi connectivity index (χ4v) is 2.85. The van der Waals surface area contributed by atoms with Gasteiger partial charge in [0.15, 0.2) is 5.82 Å². The van der Waals surface area contributed by atoms with E-state index in [9.17, 15) is 0 Å². The van der Waals surface area contributed by atoms with Gasteiger partial charge in [-0.1, -0.05) is 6.07 Å². The Hall–Kier alpha value is -3.00. The van der Waals surface area contributed by atoms with Crippen LogP contribution in [0.4, 0.5) is 5.82 Å². The highest BCUT2D eigenvalue weighted by Gasteiger charge is 2.17. The van der Waals surface area contributed by atoms with Gasteiger partial charge in [0.25, 0.3) is 0 Å². The molecule has 0 bridgehead atoms. The Morgan fingerprint density at radius 3 is 2.81 bits per heavy atom. The van der Waals surface area contributed by atoms with Gasteiger partial charge in [-0.3, -0.25) is 15.1 Å². The Morgan fingerprint density at radius 2 is 2.15 bits per heavy atom. The number of nitrogens with one attached hydrogen (secondary N) is 2. The molecule has 0 saturated carbocycles. The number of nitrogens with zero attached hydrogens (tertiary/aromatic N) is 6. The van der Waals surface area contributed by atoms with Crippen LogP contribution in [-0.2, 0) is 0 Å². The maximum Gasteiger partial charge on any atom is 0.154 e. The van der Waals surface area contributed by atoms with E-state index >= 15 is 0 Å². The molecule has 2 aromatic heterocycles. The number of aromatic nitrogens is 3. The van der Waals surface area contributed by atoms with Gasteiger partial charge in [-0.2, -0.15) is 5.10 Å². The molecule has 1 aliphatic rings. The highest BCUT2D eigenvalue weighted by molar-refractivity contribution is 5.94. The second-order valence-corrected chi connectivity index (χ2v) is 6.32. The Morgan fingerprint density at radius 1 is 1.33 bits per heavy atom. The number of amidine groups is 1. The van der Waals surface area contributed by atoms with Crippen LogP contribution in [-0.4, -0.2) is 77.3 Å². The van der Waals surface area contributed by atoms with Gasteiger partial charge < -0.3 is 15.1 Å². The molecular weight excluding hydrogens is 340 g/mol. The number of hydrogen-bond donors (Lipinski definition) is 2. The summed E-state index contributed by atoms with van der Waals surface area (Å²) in [6.07, 6.45) is 3.68. The van der Waals surface area contributed by atoms with Crippen molar-refractivity contribution in [3.63, 3.8) is 0 Å².